The third kappa shape index (κ3) is 1.68. The second-order valence-electron chi connectivity index (χ2n) is 5.30. The van der Waals surface area contributed by atoms with E-state index in [0.29, 0.717) is 5.92 Å². The molecule has 0 spiro atoms. The van der Waals surface area contributed by atoms with Gasteiger partial charge in [-0.1, -0.05) is 13.8 Å². The quantitative estimate of drug-likeness (QED) is 0.791. The lowest BCUT2D eigenvalue weighted by atomic mass is 9.84. The standard InChI is InChI=1S/C13H18N4/c1-7-4-8(2)12-11(5-7)15-13(16-12)10-6-14-17-9(10)3/h6-8H,4-5H2,1-3H3,(H,14,17)(H,15,16). The highest BCUT2D eigenvalue weighted by Gasteiger charge is 2.25. The number of nitrogens with zero attached hydrogens (tertiary/aromatic N) is 2. The lowest BCUT2D eigenvalue weighted by molar-refractivity contribution is 0.440. The minimum absolute atomic E-state index is 0.561. The second-order valence-corrected chi connectivity index (χ2v) is 5.30. The van der Waals surface area contributed by atoms with E-state index in [1.54, 1.807) is 0 Å². The molecule has 0 bridgehead atoms. The third-order valence-electron chi connectivity index (χ3n) is 3.67. The fraction of sp³-hybridized carbons (Fsp3) is 0.538. The van der Waals surface area contributed by atoms with Crippen molar-refractivity contribution in [3.63, 3.8) is 0 Å². The van der Waals surface area contributed by atoms with Gasteiger partial charge in [0.1, 0.15) is 5.82 Å². The van der Waals surface area contributed by atoms with Crippen molar-refractivity contribution in [3.05, 3.63) is 23.3 Å². The molecule has 17 heavy (non-hydrogen) atoms. The Morgan fingerprint density at radius 1 is 1.35 bits per heavy atom. The first-order valence-electron chi connectivity index (χ1n) is 6.24. The van der Waals surface area contributed by atoms with E-state index in [1.807, 2.05) is 13.1 Å². The van der Waals surface area contributed by atoms with Crippen LogP contribution in [0.25, 0.3) is 11.4 Å². The van der Waals surface area contributed by atoms with E-state index < -0.39 is 0 Å². The molecule has 2 unspecified atom stereocenters. The zero-order chi connectivity index (χ0) is 12.0. The Morgan fingerprint density at radius 3 is 2.88 bits per heavy atom. The lowest BCUT2D eigenvalue weighted by Crippen LogP contribution is -2.14. The van der Waals surface area contributed by atoms with Crippen molar-refractivity contribution in [1.82, 2.24) is 20.2 Å². The molecule has 2 heterocycles. The summed E-state index contributed by atoms with van der Waals surface area (Å²) in [5.41, 5.74) is 4.71. The molecule has 0 amide bonds. The number of rotatable bonds is 1. The largest absolute Gasteiger partial charge is 0.341 e. The van der Waals surface area contributed by atoms with E-state index in [4.69, 9.17) is 4.98 Å². The number of aryl methyl sites for hydroxylation is 1. The summed E-state index contributed by atoms with van der Waals surface area (Å²) in [6.45, 7) is 6.60. The van der Waals surface area contributed by atoms with Gasteiger partial charge < -0.3 is 4.98 Å². The molecule has 2 N–H and O–H groups in total. The zero-order valence-corrected chi connectivity index (χ0v) is 10.5. The van der Waals surface area contributed by atoms with E-state index in [1.165, 1.54) is 17.8 Å². The molecule has 0 aromatic carbocycles. The van der Waals surface area contributed by atoms with Crippen LogP contribution in [0.1, 0.15) is 43.3 Å². The van der Waals surface area contributed by atoms with Crippen molar-refractivity contribution in [2.24, 2.45) is 5.92 Å². The summed E-state index contributed by atoms with van der Waals surface area (Å²) in [6.07, 6.45) is 4.19. The fourth-order valence-electron chi connectivity index (χ4n) is 2.85. The SMILES string of the molecule is Cc1[nH]ncc1-c1nc2c([nH]1)CC(C)CC2C. The molecule has 90 valence electrons. The van der Waals surface area contributed by atoms with Gasteiger partial charge in [-0.05, 0) is 25.7 Å². The highest BCUT2D eigenvalue weighted by molar-refractivity contribution is 5.58. The maximum atomic E-state index is 4.75. The van der Waals surface area contributed by atoms with Crippen molar-refractivity contribution >= 4 is 0 Å². The van der Waals surface area contributed by atoms with Crippen LogP contribution in [-0.4, -0.2) is 20.2 Å². The van der Waals surface area contributed by atoms with E-state index in [9.17, 15) is 0 Å². The van der Waals surface area contributed by atoms with Crippen molar-refractivity contribution in [2.75, 3.05) is 0 Å². The number of hydrogen-bond acceptors (Lipinski definition) is 2. The van der Waals surface area contributed by atoms with Crippen LogP contribution in [0.15, 0.2) is 6.20 Å². The number of aromatic nitrogens is 4. The predicted molar refractivity (Wildman–Crippen MR) is 66.8 cm³/mol. The third-order valence-corrected chi connectivity index (χ3v) is 3.67. The van der Waals surface area contributed by atoms with E-state index in [-0.39, 0.29) is 0 Å². The molecular weight excluding hydrogens is 212 g/mol. The average molecular weight is 230 g/mol. The number of aromatic amines is 2. The average Bonchev–Trinajstić information content (AvgIpc) is 2.83. The van der Waals surface area contributed by atoms with Gasteiger partial charge in [0.05, 0.1) is 17.5 Å². The molecule has 0 fully saturated rings. The Hall–Kier alpha value is -1.58. The smallest absolute Gasteiger partial charge is 0.141 e. The maximum Gasteiger partial charge on any atom is 0.141 e. The van der Waals surface area contributed by atoms with Gasteiger partial charge in [0.2, 0.25) is 0 Å². The monoisotopic (exact) mass is 230 g/mol. The van der Waals surface area contributed by atoms with Gasteiger partial charge in [-0.25, -0.2) is 4.98 Å². The summed E-state index contributed by atoms with van der Waals surface area (Å²) in [4.78, 5) is 8.22. The van der Waals surface area contributed by atoms with Gasteiger partial charge in [0, 0.05) is 17.3 Å². The molecular formula is C13H18N4. The summed E-state index contributed by atoms with van der Waals surface area (Å²) in [5, 5.41) is 7.01. The van der Waals surface area contributed by atoms with E-state index in [2.05, 4.69) is 29.0 Å². The van der Waals surface area contributed by atoms with Crippen molar-refractivity contribution < 1.29 is 0 Å². The molecule has 0 saturated heterocycles. The van der Waals surface area contributed by atoms with Crippen LogP contribution >= 0.6 is 0 Å². The molecule has 0 radical (unpaired) electrons. The van der Waals surface area contributed by atoms with Crippen LogP contribution in [0, 0.1) is 12.8 Å². The Kier molecular flexibility index (Phi) is 2.31. The van der Waals surface area contributed by atoms with Crippen LogP contribution in [0.5, 0.6) is 0 Å². The molecule has 3 rings (SSSR count). The maximum absolute atomic E-state index is 4.75. The molecule has 2 aromatic rings. The molecule has 2 aromatic heterocycles. The van der Waals surface area contributed by atoms with E-state index >= 15 is 0 Å². The summed E-state index contributed by atoms with van der Waals surface area (Å²) >= 11 is 0. The van der Waals surface area contributed by atoms with Crippen LogP contribution in [0.3, 0.4) is 0 Å². The van der Waals surface area contributed by atoms with Crippen LogP contribution in [0.2, 0.25) is 0 Å². The van der Waals surface area contributed by atoms with Gasteiger partial charge >= 0.3 is 0 Å². The van der Waals surface area contributed by atoms with Gasteiger partial charge in [0.25, 0.3) is 0 Å². The summed E-state index contributed by atoms with van der Waals surface area (Å²) in [5.74, 6) is 2.27. The molecule has 4 nitrogen and oxygen atoms in total. The molecule has 1 aliphatic rings. The number of nitrogens with one attached hydrogen (secondary N) is 2. The number of fused-ring (bicyclic) bond motifs is 1. The van der Waals surface area contributed by atoms with Gasteiger partial charge in [-0.15, -0.1) is 0 Å². The van der Waals surface area contributed by atoms with Gasteiger partial charge in [0.15, 0.2) is 0 Å². The first kappa shape index (κ1) is 10.6. The number of H-pyrrole nitrogens is 2. The normalized spacial score (nSPS) is 23.7. The molecule has 0 saturated carbocycles. The Morgan fingerprint density at radius 2 is 2.18 bits per heavy atom. The van der Waals surface area contributed by atoms with Gasteiger partial charge in [-0.3, -0.25) is 5.10 Å². The highest BCUT2D eigenvalue weighted by atomic mass is 15.1. The van der Waals surface area contributed by atoms with Crippen molar-refractivity contribution in [1.29, 1.82) is 0 Å². The number of hydrogen-bond donors (Lipinski definition) is 2. The number of imidazole rings is 1. The summed E-state index contributed by atoms with van der Waals surface area (Å²) in [6, 6.07) is 0. The van der Waals surface area contributed by atoms with E-state index in [0.717, 1.165) is 29.4 Å². The van der Waals surface area contributed by atoms with Gasteiger partial charge in [-0.2, -0.15) is 5.10 Å². The first-order chi connectivity index (χ1) is 8.15. The van der Waals surface area contributed by atoms with Crippen LogP contribution in [-0.2, 0) is 6.42 Å². The Balaban J connectivity index is 2.05. The first-order valence-corrected chi connectivity index (χ1v) is 6.24. The Labute approximate surface area is 101 Å². The summed E-state index contributed by atoms with van der Waals surface area (Å²) in [7, 11) is 0. The lowest BCUT2D eigenvalue weighted by Gasteiger charge is -2.22. The summed E-state index contributed by atoms with van der Waals surface area (Å²) < 4.78 is 0. The minimum atomic E-state index is 0.561. The topological polar surface area (TPSA) is 57.4 Å². The van der Waals surface area contributed by atoms with Crippen LogP contribution < -0.4 is 0 Å². The molecule has 1 aliphatic carbocycles. The van der Waals surface area contributed by atoms with Crippen LogP contribution in [0.4, 0.5) is 0 Å². The fourth-order valence-corrected chi connectivity index (χ4v) is 2.85. The predicted octanol–water partition coefficient (Wildman–Crippen LogP) is 2.79. The minimum Gasteiger partial charge on any atom is -0.341 e. The molecule has 0 aliphatic heterocycles. The zero-order valence-electron chi connectivity index (χ0n) is 10.5. The Bertz CT molecular complexity index is 537. The van der Waals surface area contributed by atoms with Crippen molar-refractivity contribution in [3.8, 4) is 11.4 Å². The highest BCUT2D eigenvalue weighted by Crippen LogP contribution is 2.34. The van der Waals surface area contributed by atoms with Crippen molar-refractivity contribution in [2.45, 2.75) is 39.5 Å². The molecule has 2 atom stereocenters. The molecule has 4 heteroatoms. The second kappa shape index (κ2) is 3.72.